The van der Waals surface area contributed by atoms with Crippen molar-refractivity contribution in [1.29, 1.82) is 0 Å². The van der Waals surface area contributed by atoms with Crippen LogP contribution in [0, 0.1) is 12.8 Å². The Kier molecular flexibility index (Phi) is 5.95. The average Bonchev–Trinajstić information content (AvgIpc) is 2.70. The molecule has 0 radical (unpaired) electrons. The molecule has 2 N–H and O–H groups in total. The van der Waals surface area contributed by atoms with Crippen molar-refractivity contribution in [2.45, 2.75) is 39.7 Å². The van der Waals surface area contributed by atoms with Crippen LogP contribution in [-0.2, 0) is 0 Å². The standard InChI is InChI=1S/C12H22N2OS/c1-4-11(5-6-15)7-13-9(2)12-10(3)14-8-16-12/h8-9,11,13,15H,4-7H2,1-3H3. The van der Waals surface area contributed by atoms with Crippen molar-refractivity contribution in [2.24, 2.45) is 5.92 Å². The normalized spacial score (nSPS) is 15.0. The summed E-state index contributed by atoms with van der Waals surface area (Å²) < 4.78 is 0. The molecule has 0 aliphatic carbocycles. The summed E-state index contributed by atoms with van der Waals surface area (Å²) in [5.41, 5.74) is 3.02. The Morgan fingerprint density at radius 3 is 2.81 bits per heavy atom. The predicted molar refractivity (Wildman–Crippen MR) is 68.8 cm³/mol. The minimum Gasteiger partial charge on any atom is -0.396 e. The molecular formula is C12H22N2OS. The van der Waals surface area contributed by atoms with E-state index in [1.165, 1.54) is 4.88 Å². The molecule has 0 bridgehead atoms. The number of nitrogens with zero attached hydrogens (tertiary/aromatic N) is 1. The van der Waals surface area contributed by atoms with Gasteiger partial charge in [-0.25, -0.2) is 4.98 Å². The number of aliphatic hydroxyl groups is 1. The van der Waals surface area contributed by atoms with Gasteiger partial charge in [0.15, 0.2) is 0 Å². The smallest absolute Gasteiger partial charge is 0.0798 e. The summed E-state index contributed by atoms with van der Waals surface area (Å²) in [6.07, 6.45) is 2.00. The highest BCUT2D eigenvalue weighted by atomic mass is 32.1. The third-order valence-electron chi connectivity index (χ3n) is 3.00. The van der Waals surface area contributed by atoms with E-state index in [0.717, 1.165) is 25.1 Å². The summed E-state index contributed by atoms with van der Waals surface area (Å²) in [5, 5.41) is 12.4. The molecule has 4 heteroatoms. The van der Waals surface area contributed by atoms with Gasteiger partial charge in [0.2, 0.25) is 0 Å². The minimum absolute atomic E-state index is 0.286. The number of aryl methyl sites for hydroxylation is 1. The Hall–Kier alpha value is -0.450. The van der Waals surface area contributed by atoms with Crippen molar-refractivity contribution in [3.05, 3.63) is 16.1 Å². The first-order valence-corrected chi connectivity index (χ1v) is 6.81. The van der Waals surface area contributed by atoms with Gasteiger partial charge in [0.05, 0.1) is 11.2 Å². The maximum atomic E-state index is 8.93. The Labute approximate surface area is 102 Å². The number of aromatic nitrogens is 1. The van der Waals surface area contributed by atoms with Crippen LogP contribution in [0.1, 0.15) is 43.3 Å². The van der Waals surface area contributed by atoms with E-state index in [9.17, 15) is 0 Å². The maximum absolute atomic E-state index is 8.93. The quantitative estimate of drug-likeness (QED) is 0.772. The Morgan fingerprint density at radius 1 is 1.56 bits per heavy atom. The van der Waals surface area contributed by atoms with Gasteiger partial charge >= 0.3 is 0 Å². The fourth-order valence-electron chi connectivity index (χ4n) is 1.80. The van der Waals surface area contributed by atoms with E-state index in [2.05, 4.69) is 31.1 Å². The number of hydrogen-bond donors (Lipinski definition) is 2. The van der Waals surface area contributed by atoms with Gasteiger partial charge in [-0.15, -0.1) is 11.3 Å². The van der Waals surface area contributed by atoms with Gasteiger partial charge in [0.25, 0.3) is 0 Å². The molecule has 1 heterocycles. The first kappa shape index (κ1) is 13.6. The van der Waals surface area contributed by atoms with Crippen LogP contribution >= 0.6 is 11.3 Å². The number of rotatable bonds is 7. The largest absolute Gasteiger partial charge is 0.396 e. The maximum Gasteiger partial charge on any atom is 0.0798 e. The predicted octanol–water partition coefficient (Wildman–Crippen LogP) is 2.51. The van der Waals surface area contributed by atoms with Crippen molar-refractivity contribution < 1.29 is 5.11 Å². The monoisotopic (exact) mass is 242 g/mol. The van der Waals surface area contributed by atoms with Gasteiger partial charge in [0, 0.05) is 17.5 Å². The molecule has 92 valence electrons. The highest BCUT2D eigenvalue weighted by Crippen LogP contribution is 2.21. The van der Waals surface area contributed by atoms with Gasteiger partial charge in [-0.2, -0.15) is 0 Å². The van der Waals surface area contributed by atoms with Crippen molar-refractivity contribution in [3.8, 4) is 0 Å². The van der Waals surface area contributed by atoms with Crippen LogP contribution < -0.4 is 5.32 Å². The molecule has 1 aromatic rings. The van der Waals surface area contributed by atoms with Crippen molar-refractivity contribution in [3.63, 3.8) is 0 Å². The Morgan fingerprint density at radius 2 is 2.31 bits per heavy atom. The lowest BCUT2D eigenvalue weighted by atomic mass is 10.0. The van der Waals surface area contributed by atoms with E-state index < -0.39 is 0 Å². The van der Waals surface area contributed by atoms with E-state index >= 15 is 0 Å². The Bertz CT molecular complexity index is 301. The molecule has 0 saturated heterocycles. The molecule has 16 heavy (non-hydrogen) atoms. The minimum atomic E-state index is 0.286. The lowest BCUT2D eigenvalue weighted by Gasteiger charge is -2.18. The lowest BCUT2D eigenvalue weighted by molar-refractivity contribution is 0.249. The highest BCUT2D eigenvalue weighted by molar-refractivity contribution is 7.09. The van der Waals surface area contributed by atoms with Gasteiger partial charge in [0.1, 0.15) is 0 Å². The van der Waals surface area contributed by atoms with E-state index in [1.54, 1.807) is 11.3 Å². The van der Waals surface area contributed by atoms with Crippen LogP contribution in [0.2, 0.25) is 0 Å². The van der Waals surface area contributed by atoms with E-state index in [4.69, 9.17) is 5.11 Å². The summed E-state index contributed by atoms with van der Waals surface area (Å²) in [7, 11) is 0. The summed E-state index contributed by atoms with van der Waals surface area (Å²) in [4.78, 5) is 5.58. The molecule has 0 aliphatic rings. The average molecular weight is 242 g/mol. The SMILES string of the molecule is CCC(CCO)CNC(C)c1scnc1C. The summed E-state index contributed by atoms with van der Waals surface area (Å²) in [6, 6.07) is 0.361. The number of thiazole rings is 1. The van der Waals surface area contributed by atoms with Crippen LogP contribution in [0.4, 0.5) is 0 Å². The van der Waals surface area contributed by atoms with Gasteiger partial charge in [-0.3, -0.25) is 0 Å². The molecule has 1 aromatic heterocycles. The van der Waals surface area contributed by atoms with Gasteiger partial charge < -0.3 is 10.4 Å². The molecule has 1 rings (SSSR count). The van der Waals surface area contributed by atoms with Gasteiger partial charge in [-0.1, -0.05) is 13.3 Å². The zero-order valence-electron chi connectivity index (χ0n) is 10.4. The second kappa shape index (κ2) is 6.99. The highest BCUT2D eigenvalue weighted by Gasteiger charge is 2.12. The van der Waals surface area contributed by atoms with Crippen LogP contribution in [-0.4, -0.2) is 23.2 Å². The number of aliphatic hydroxyl groups excluding tert-OH is 1. The Balaban J connectivity index is 2.40. The molecule has 2 atom stereocenters. The van der Waals surface area contributed by atoms with Crippen molar-refractivity contribution >= 4 is 11.3 Å². The third kappa shape index (κ3) is 3.85. The molecule has 0 spiro atoms. The van der Waals surface area contributed by atoms with Crippen molar-refractivity contribution in [1.82, 2.24) is 10.3 Å². The van der Waals surface area contributed by atoms with E-state index in [1.807, 2.05) is 5.51 Å². The first-order chi connectivity index (χ1) is 7.69. The molecule has 0 amide bonds. The van der Waals surface area contributed by atoms with Gasteiger partial charge in [-0.05, 0) is 32.7 Å². The molecule has 0 fully saturated rings. The zero-order valence-corrected chi connectivity index (χ0v) is 11.2. The third-order valence-corrected chi connectivity index (χ3v) is 4.12. The molecule has 3 nitrogen and oxygen atoms in total. The van der Waals surface area contributed by atoms with E-state index in [0.29, 0.717) is 12.0 Å². The molecule has 0 saturated carbocycles. The fraction of sp³-hybridized carbons (Fsp3) is 0.750. The lowest BCUT2D eigenvalue weighted by Crippen LogP contribution is -2.26. The summed E-state index contributed by atoms with van der Waals surface area (Å²) in [6.45, 7) is 7.65. The van der Waals surface area contributed by atoms with Crippen LogP contribution in [0.25, 0.3) is 0 Å². The van der Waals surface area contributed by atoms with Crippen LogP contribution in [0.5, 0.6) is 0 Å². The molecular weight excluding hydrogens is 220 g/mol. The number of hydrogen-bond acceptors (Lipinski definition) is 4. The van der Waals surface area contributed by atoms with Crippen molar-refractivity contribution in [2.75, 3.05) is 13.2 Å². The van der Waals surface area contributed by atoms with Crippen LogP contribution in [0.3, 0.4) is 0 Å². The van der Waals surface area contributed by atoms with Crippen LogP contribution in [0.15, 0.2) is 5.51 Å². The number of nitrogens with one attached hydrogen (secondary N) is 1. The fourth-order valence-corrected chi connectivity index (χ4v) is 2.63. The molecule has 0 aliphatic heterocycles. The topological polar surface area (TPSA) is 45.1 Å². The summed E-state index contributed by atoms with van der Waals surface area (Å²) in [5.74, 6) is 0.570. The molecule has 2 unspecified atom stereocenters. The summed E-state index contributed by atoms with van der Waals surface area (Å²) >= 11 is 1.71. The van der Waals surface area contributed by atoms with E-state index in [-0.39, 0.29) is 6.61 Å². The first-order valence-electron chi connectivity index (χ1n) is 5.93. The second-order valence-electron chi connectivity index (χ2n) is 4.22. The zero-order chi connectivity index (χ0) is 12.0. The molecule has 0 aromatic carbocycles. The second-order valence-corrected chi connectivity index (χ2v) is 5.10.